The van der Waals surface area contributed by atoms with Crippen molar-refractivity contribution in [1.29, 1.82) is 0 Å². The summed E-state index contributed by atoms with van der Waals surface area (Å²) in [5.41, 5.74) is 0.275. The van der Waals surface area contributed by atoms with Crippen LogP contribution in [-0.2, 0) is 0 Å². The van der Waals surface area contributed by atoms with E-state index >= 15 is 0 Å². The molecule has 0 radical (unpaired) electrons. The highest BCUT2D eigenvalue weighted by molar-refractivity contribution is 6.00. The van der Waals surface area contributed by atoms with Crippen LogP contribution in [0.1, 0.15) is 37.0 Å². The Labute approximate surface area is 124 Å². The largest absolute Gasteiger partial charge is 0.497 e. The highest BCUT2D eigenvalue weighted by atomic mass is 16.5. The second-order valence-electron chi connectivity index (χ2n) is 4.58. The minimum Gasteiger partial charge on any atom is -0.497 e. The van der Waals surface area contributed by atoms with Gasteiger partial charge in [0.25, 0.3) is 0 Å². The number of unbranched alkanes of at least 4 members (excludes halogenated alkanes) is 1. The Hall–Kier alpha value is -2.24. The number of carboxylic acid groups (broad SMARTS) is 1. The van der Waals surface area contributed by atoms with E-state index in [1.165, 1.54) is 19.2 Å². The fourth-order valence-corrected chi connectivity index (χ4v) is 1.88. The highest BCUT2D eigenvalue weighted by Gasteiger charge is 2.16. The Kier molecular flexibility index (Phi) is 6.52. The van der Waals surface area contributed by atoms with Gasteiger partial charge in [0.15, 0.2) is 0 Å². The fraction of sp³-hybridized carbons (Fsp3) is 0.467. The van der Waals surface area contributed by atoms with Crippen molar-refractivity contribution in [2.75, 3.05) is 25.5 Å². The van der Waals surface area contributed by atoms with E-state index in [-0.39, 0.29) is 17.3 Å². The molecule has 0 aliphatic heterocycles. The molecule has 1 aromatic carbocycles. The zero-order valence-corrected chi connectivity index (χ0v) is 12.7. The van der Waals surface area contributed by atoms with Crippen molar-refractivity contribution >= 4 is 17.7 Å². The van der Waals surface area contributed by atoms with Gasteiger partial charge >= 0.3 is 12.0 Å². The molecule has 1 aromatic rings. The molecule has 6 nitrogen and oxygen atoms in total. The number of nitrogens with zero attached hydrogens (tertiary/aromatic N) is 1. The van der Waals surface area contributed by atoms with E-state index in [2.05, 4.69) is 12.2 Å². The average Bonchev–Trinajstić information content (AvgIpc) is 2.48. The molecule has 0 aliphatic rings. The van der Waals surface area contributed by atoms with Gasteiger partial charge in [0.1, 0.15) is 5.75 Å². The summed E-state index contributed by atoms with van der Waals surface area (Å²) in [6.45, 7) is 5.17. The molecule has 0 aromatic heterocycles. The number of hydrogen-bond acceptors (Lipinski definition) is 3. The van der Waals surface area contributed by atoms with Crippen LogP contribution in [0.3, 0.4) is 0 Å². The predicted octanol–water partition coefficient (Wildman–Crippen LogP) is 3.05. The van der Waals surface area contributed by atoms with Crippen molar-refractivity contribution in [3.63, 3.8) is 0 Å². The number of urea groups is 1. The maximum Gasteiger partial charge on any atom is 0.337 e. The first-order valence-corrected chi connectivity index (χ1v) is 7.00. The first-order valence-electron chi connectivity index (χ1n) is 7.00. The summed E-state index contributed by atoms with van der Waals surface area (Å²) in [4.78, 5) is 25.1. The SMILES string of the molecule is CCCCN(CC)C(=O)Nc1ccc(OC)cc1C(=O)O. The number of amides is 2. The summed E-state index contributed by atoms with van der Waals surface area (Å²) < 4.78 is 5.00. The molecule has 0 aliphatic carbocycles. The monoisotopic (exact) mass is 294 g/mol. The lowest BCUT2D eigenvalue weighted by Gasteiger charge is -2.21. The Bertz CT molecular complexity index is 502. The first-order chi connectivity index (χ1) is 10.0. The van der Waals surface area contributed by atoms with Crippen molar-refractivity contribution in [2.24, 2.45) is 0 Å². The minimum absolute atomic E-state index is 0.00856. The van der Waals surface area contributed by atoms with Gasteiger partial charge in [-0.05, 0) is 31.5 Å². The Morgan fingerprint density at radius 2 is 2.05 bits per heavy atom. The lowest BCUT2D eigenvalue weighted by molar-refractivity contribution is 0.0697. The lowest BCUT2D eigenvalue weighted by atomic mass is 10.1. The van der Waals surface area contributed by atoms with E-state index in [4.69, 9.17) is 4.74 Å². The molecule has 0 unspecified atom stereocenters. The van der Waals surface area contributed by atoms with Gasteiger partial charge in [-0.1, -0.05) is 13.3 Å². The molecule has 21 heavy (non-hydrogen) atoms. The summed E-state index contributed by atoms with van der Waals surface area (Å²) in [7, 11) is 1.46. The van der Waals surface area contributed by atoms with Crippen LogP contribution < -0.4 is 10.1 Å². The summed E-state index contributed by atoms with van der Waals surface area (Å²) in [6, 6.07) is 4.25. The van der Waals surface area contributed by atoms with Gasteiger partial charge in [0.2, 0.25) is 0 Å². The number of nitrogens with one attached hydrogen (secondary N) is 1. The van der Waals surface area contributed by atoms with Gasteiger partial charge in [-0.2, -0.15) is 0 Å². The molecule has 0 fully saturated rings. The molecule has 6 heteroatoms. The van der Waals surface area contributed by atoms with Gasteiger partial charge in [-0.15, -0.1) is 0 Å². The number of carbonyl (C=O) groups is 2. The Morgan fingerprint density at radius 1 is 1.33 bits per heavy atom. The minimum atomic E-state index is -1.11. The zero-order chi connectivity index (χ0) is 15.8. The average molecular weight is 294 g/mol. The predicted molar refractivity (Wildman–Crippen MR) is 81.1 cm³/mol. The number of carboxylic acids is 1. The molecule has 2 N–H and O–H groups in total. The van der Waals surface area contributed by atoms with Crippen LogP contribution in [0.15, 0.2) is 18.2 Å². The number of anilines is 1. The van der Waals surface area contributed by atoms with Crippen LogP contribution in [0.25, 0.3) is 0 Å². The van der Waals surface area contributed by atoms with E-state index in [1.807, 2.05) is 6.92 Å². The normalized spacial score (nSPS) is 10.0. The smallest absolute Gasteiger partial charge is 0.337 e. The maximum absolute atomic E-state index is 12.2. The fourth-order valence-electron chi connectivity index (χ4n) is 1.88. The molecule has 0 saturated carbocycles. The number of methoxy groups -OCH3 is 1. The standard InChI is InChI=1S/C15H22N2O4/c1-4-6-9-17(5-2)15(20)16-13-8-7-11(21-3)10-12(13)14(18)19/h7-8,10H,4-6,9H2,1-3H3,(H,16,20)(H,18,19). The third kappa shape index (κ3) is 4.66. The third-order valence-electron chi connectivity index (χ3n) is 3.15. The van der Waals surface area contributed by atoms with Crippen LogP contribution in [0, 0.1) is 0 Å². The Morgan fingerprint density at radius 3 is 2.57 bits per heavy atom. The van der Waals surface area contributed by atoms with Gasteiger partial charge in [-0.3, -0.25) is 0 Å². The maximum atomic E-state index is 12.2. The molecule has 0 heterocycles. The quantitative estimate of drug-likeness (QED) is 0.810. The lowest BCUT2D eigenvalue weighted by Crippen LogP contribution is -2.35. The van der Waals surface area contributed by atoms with E-state index in [1.54, 1.807) is 11.0 Å². The zero-order valence-electron chi connectivity index (χ0n) is 12.7. The van der Waals surface area contributed by atoms with Crippen molar-refractivity contribution < 1.29 is 19.4 Å². The number of rotatable bonds is 7. The van der Waals surface area contributed by atoms with Crippen LogP contribution in [0.5, 0.6) is 5.75 Å². The molecule has 2 amide bonds. The van der Waals surface area contributed by atoms with Crippen molar-refractivity contribution in [2.45, 2.75) is 26.7 Å². The highest BCUT2D eigenvalue weighted by Crippen LogP contribution is 2.22. The summed E-state index contributed by atoms with van der Waals surface area (Å²) in [5.74, 6) is -0.676. The number of ether oxygens (including phenoxy) is 1. The molecule has 1 rings (SSSR count). The number of hydrogen-bond donors (Lipinski definition) is 2. The van der Waals surface area contributed by atoms with E-state index < -0.39 is 5.97 Å². The molecule has 0 atom stereocenters. The van der Waals surface area contributed by atoms with E-state index in [0.717, 1.165) is 12.8 Å². The topological polar surface area (TPSA) is 78.9 Å². The molecule has 116 valence electrons. The van der Waals surface area contributed by atoms with Gasteiger partial charge in [0.05, 0.1) is 18.4 Å². The third-order valence-corrected chi connectivity index (χ3v) is 3.15. The number of carbonyl (C=O) groups excluding carboxylic acids is 1. The molecule has 0 spiro atoms. The van der Waals surface area contributed by atoms with Crippen LogP contribution in [0.2, 0.25) is 0 Å². The van der Waals surface area contributed by atoms with Crippen molar-refractivity contribution in [3.8, 4) is 5.75 Å². The molecule has 0 saturated heterocycles. The van der Waals surface area contributed by atoms with E-state index in [0.29, 0.717) is 18.8 Å². The summed E-state index contributed by atoms with van der Waals surface area (Å²) in [5, 5.41) is 11.9. The van der Waals surface area contributed by atoms with Crippen LogP contribution >= 0.6 is 0 Å². The second kappa shape index (κ2) is 8.14. The first kappa shape index (κ1) is 16.8. The van der Waals surface area contributed by atoms with Gasteiger partial charge < -0.3 is 20.1 Å². The second-order valence-corrected chi connectivity index (χ2v) is 4.58. The summed E-state index contributed by atoms with van der Waals surface area (Å²) >= 11 is 0. The summed E-state index contributed by atoms with van der Waals surface area (Å²) in [6.07, 6.45) is 1.91. The Balaban J connectivity index is 2.90. The van der Waals surface area contributed by atoms with Gasteiger partial charge in [-0.25, -0.2) is 9.59 Å². The molecular formula is C15H22N2O4. The van der Waals surface area contributed by atoms with E-state index in [9.17, 15) is 14.7 Å². The van der Waals surface area contributed by atoms with Crippen LogP contribution in [0.4, 0.5) is 10.5 Å². The van der Waals surface area contributed by atoms with Crippen LogP contribution in [-0.4, -0.2) is 42.2 Å². The number of aromatic carboxylic acids is 1. The van der Waals surface area contributed by atoms with Crippen molar-refractivity contribution in [1.82, 2.24) is 4.90 Å². The van der Waals surface area contributed by atoms with Gasteiger partial charge in [0, 0.05) is 13.1 Å². The molecule has 0 bridgehead atoms. The number of benzene rings is 1. The molecular weight excluding hydrogens is 272 g/mol. The van der Waals surface area contributed by atoms with Crippen molar-refractivity contribution in [3.05, 3.63) is 23.8 Å².